The van der Waals surface area contributed by atoms with Gasteiger partial charge in [-0.3, -0.25) is 0 Å². The van der Waals surface area contributed by atoms with E-state index in [4.69, 9.17) is 10.0 Å². The summed E-state index contributed by atoms with van der Waals surface area (Å²) in [6, 6.07) is -0.919. The molecule has 1 fully saturated rings. The van der Waals surface area contributed by atoms with Crippen LogP contribution < -0.4 is 0 Å². The van der Waals surface area contributed by atoms with E-state index in [1.165, 1.54) is 0 Å². The minimum absolute atomic E-state index is 0.0868. The van der Waals surface area contributed by atoms with Crippen LogP contribution in [0.2, 0.25) is 0 Å². The molecule has 0 bridgehead atoms. The molecular formula is C3H5BO5. The molecule has 0 radical (unpaired) electrons. The van der Waals surface area contributed by atoms with Crippen molar-refractivity contribution in [3.05, 3.63) is 0 Å². The number of hydrogen-bond donors (Lipinski definition) is 2. The van der Waals surface area contributed by atoms with Crippen molar-refractivity contribution in [2.45, 2.75) is 6.00 Å². The molecule has 0 spiro atoms. The second-order valence-electron chi connectivity index (χ2n) is 1.63. The van der Waals surface area contributed by atoms with E-state index in [1.807, 2.05) is 0 Å². The third-order valence-corrected chi connectivity index (χ3v) is 0.946. The second-order valence-corrected chi connectivity index (χ2v) is 1.63. The van der Waals surface area contributed by atoms with Crippen LogP contribution in [0.15, 0.2) is 0 Å². The van der Waals surface area contributed by atoms with Crippen molar-refractivity contribution in [3.63, 3.8) is 0 Å². The Kier molecular flexibility index (Phi) is 1.59. The summed E-state index contributed by atoms with van der Waals surface area (Å²) in [5.74, 6) is 0. The Morgan fingerprint density at radius 3 is 2.56 bits per heavy atom. The van der Waals surface area contributed by atoms with Gasteiger partial charge in [0.05, 0.1) is 0 Å². The molecule has 2 N–H and O–H groups in total. The van der Waals surface area contributed by atoms with E-state index >= 15 is 0 Å². The molecule has 5 nitrogen and oxygen atoms in total. The Hall–Kier alpha value is -0.745. The molecule has 0 aromatic heterocycles. The first-order chi connectivity index (χ1) is 4.20. The Labute approximate surface area is 51.3 Å². The molecule has 1 rings (SSSR count). The average molecular weight is 132 g/mol. The zero-order valence-corrected chi connectivity index (χ0v) is 4.48. The molecule has 1 saturated heterocycles. The second kappa shape index (κ2) is 2.24. The molecule has 0 amide bonds. The van der Waals surface area contributed by atoms with Gasteiger partial charge in [0.1, 0.15) is 6.61 Å². The van der Waals surface area contributed by atoms with Crippen LogP contribution >= 0.6 is 0 Å². The van der Waals surface area contributed by atoms with Gasteiger partial charge in [-0.05, 0) is 0 Å². The normalized spacial score (nSPS) is 25.1. The molecule has 50 valence electrons. The van der Waals surface area contributed by atoms with Crippen molar-refractivity contribution < 1.29 is 24.3 Å². The molecule has 0 aromatic carbocycles. The fourth-order valence-electron chi connectivity index (χ4n) is 0.489. The Balaban J connectivity index is 2.39. The lowest BCUT2D eigenvalue weighted by molar-refractivity contribution is 0.123. The maximum Gasteiger partial charge on any atom is 0.508 e. The summed E-state index contributed by atoms with van der Waals surface area (Å²) in [6.07, 6.45) is -0.854. The molecule has 1 unspecified atom stereocenters. The molecule has 1 aliphatic rings. The first kappa shape index (κ1) is 6.38. The number of rotatable bonds is 1. The average Bonchev–Trinajstić information content (AvgIpc) is 2.14. The summed E-state index contributed by atoms with van der Waals surface area (Å²) in [5.41, 5.74) is 0. The van der Waals surface area contributed by atoms with Crippen LogP contribution in [0, 0.1) is 0 Å². The Morgan fingerprint density at radius 1 is 1.67 bits per heavy atom. The maximum absolute atomic E-state index is 10.1. The molecule has 0 saturated carbocycles. The lowest BCUT2D eigenvalue weighted by Gasteiger charge is -2.00. The van der Waals surface area contributed by atoms with Crippen LogP contribution in [0.3, 0.4) is 0 Å². The van der Waals surface area contributed by atoms with Crippen molar-refractivity contribution >= 4 is 13.3 Å². The van der Waals surface area contributed by atoms with Gasteiger partial charge in [-0.1, -0.05) is 0 Å². The summed E-state index contributed by atoms with van der Waals surface area (Å²) in [6.45, 7) is -0.0868. The summed E-state index contributed by atoms with van der Waals surface area (Å²) >= 11 is 0. The van der Waals surface area contributed by atoms with Crippen LogP contribution in [-0.2, 0) is 9.47 Å². The van der Waals surface area contributed by atoms with Gasteiger partial charge in [-0.2, -0.15) is 0 Å². The van der Waals surface area contributed by atoms with Crippen molar-refractivity contribution in [2.75, 3.05) is 6.61 Å². The van der Waals surface area contributed by atoms with Gasteiger partial charge in [0, 0.05) is 0 Å². The summed E-state index contributed by atoms with van der Waals surface area (Å²) in [7, 11) is -1.64. The first-order valence-electron chi connectivity index (χ1n) is 2.39. The van der Waals surface area contributed by atoms with E-state index in [0.29, 0.717) is 0 Å². The van der Waals surface area contributed by atoms with Crippen LogP contribution in [0.25, 0.3) is 0 Å². The molecule has 1 atom stereocenters. The van der Waals surface area contributed by atoms with Crippen LogP contribution in [0.1, 0.15) is 0 Å². The fraction of sp³-hybridized carbons (Fsp3) is 0.667. The highest BCUT2D eigenvalue weighted by molar-refractivity contribution is 6.43. The number of cyclic esters (lactones) is 2. The van der Waals surface area contributed by atoms with Crippen LogP contribution in [-0.4, -0.2) is 35.9 Å². The van der Waals surface area contributed by atoms with Crippen molar-refractivity contribution in [1.82, 2.24) is 0 Å². The van der Waals surface area contributed by atoms with Crippen molar-refractivity contribution in [2.24, 2.45) is 0 Å². The van der Waals surface area contributed by atoms with Gasteiger partial charge in [0.15, 0.2) is 6.00 Å². The number of hydrogen-bond acceptors (Lipinski definition) is 5. The van der Waals surface area contributed by atoms with E-state index in [1.54, 1.807) is 0 Å². The van der Waals surface area contributed by atoms with Gasteiger partial charge >= 0.3 is 13.3 Å². The predicted molar refractivity (Wildman–Crippen MR) is 26.4 cm³/mol. The van der Waals surface area contributed by atoms with Crippen molar-refractivity contribution in [3.8, 4) is 0 Å². The molecule has 1 heterocycles. The molecule has 0 aliphatic carbocycles. The van der Waals surface area contributed by atoms with E-state index in [2.05, 4.69) is 9.47 Å². The lowest BCUT2D eigenvalue weighted by Crippen LogP contribution is -2.32. The minimum Gasteiger partial charge on any atom is -0.431 e. The summed E-state index contributed by atoms with van der Waals surface area (Å²) in [5, 5.41) is 16.7. The fourth-order valence-corrected chi connectivity index (χ4v) is 0.489. The minimum atomic E-state index is -1.64. The first-order valence-corrected chi connectivity index (χ1v) is 2.39. The van der Waals surface area contributed by atoms with E-state index < -0.39 is 19.3 Å². The highest BCUT2D eigenvalue weighted by Crippen LogP contribution is 2.05. The molecule has 0 aromatic rings. The zero-order chi connectivity index (χ0) is 6.85. The Morgan fingerprint density at radius 2 is 2.33 bits per heavy atom. The van der Waals surface area contributed by atoms with Gasteiger partial charge in [0.25, 0.3) is 0 Å². The van der Waals surface area contributed by atoms with Gasteiger partial charge < -0.3 is 19.5 Å². The van der Waals surface area contributed by atoms with Crippen molar-refractivity contribution in [1.29, 1.82) is 0 Å². The van der Waals surface area contributed by atoms with E-state index in [-0.39, 0.29) is 6.61 Å². The lowest BCUT2D eigenvalue weighted by atomic mass is 9.83. The molecular weight excluding hydrogens is 127 g/mol. The molecule has 1 aliphatic heterocycles. The van der Waals surface area contributed by atoms with Gasteiger partial charge in [-0.25, -0.2) is 4.79 Å². The molecule has 6 heteroatoms. The highest BCUT2D eigenvalue weighted by Gasteiger charge is 2.34. The molecule has 9 heavy (non-hydrogen) atoms. The van der Waals surface area contributed by atoms with Crippen LogP contribution in [0.5, 0.6) is 0 Å². The zero-order valence-electron chi connectivity index (χ0n) is 4.48. The number of ether oxygens (including phenoxy) is 2. The SMILES string of the molecule is O=C1OCC(B(O)O)O1. The third-order valence-electron chi connectivity index (χ3n) is 0.946. The predicted octanol–water partition coefficient (Wildman–Crippen LogP) is -1.47. The third kappa shape index (κ3) is 1.33. The quantitative estimate of drug-likeness (QED) is 0.336. The maximum atomic E-state index is 10.1. The summed E-state index contributed by atoms with van der Waals surface area (Å²) in [4.78, 5) is 10.1. The van der Waals surface area contributed by atoms with Gasteiger partial charge in [-0.15, -0.1) is 0 Å². The summed E-state index contributed by atoms with van der Waals surface area (Å²) < 4.78 is 8.51. The van der Waals surface area contributed by atoms with Gasteiger partial charge in [0.2, 0.25) is 0 Å². The largest absolute Gasteiger partial charge is 0.508 e. The monoisotopic (exact) mass is 132 g/mol. The standard InChI is InChI=1S/C3H5BO5/c5-3-8-1-2(9-3)4(6)7/h2,6-7H,1H2. The van der Waals surface area contributed by atoms with E-state index in [0.717, 1.165) is 0 Å². The van der Waals surface area contributed by atoms with Crippen LogP contribution in [0.4, 0.5) is 4.79 Å². The van der Waals surface area contributed by atoms with E-state index in [9.17, 15) is 4.79 Å². The smallest absolute Gasteiger partial charge is 0.431 e. The number of carbonyl (C=O) groups is 1. The topological polar surface area (TPSA) is 76.0 Å². The number of carbonyl (C=O) groups excluding carboxylic acids is 1. The highest BCUT2D eigenvalue weighted by atomic mass is 16.8. The Bertz CT molecular complexity index is 123.